The molecular weight excluding hydrogens is 428 g/mol. The molecule has 1 amide bonds. The summed E-state index contributed by atoms with van der Waals surface area (Å²) in [5.74, 6) is 0.863. The summed E-state index contributed by atoms with van der Waals surface area (Å²) in [4.78, 5) is 36.3. The number of likely N-dealkylation sites (tertiary alicyclic amines) is 1. The van der Waals surface area contributed by atoms with E-state index in [0.29, 0.717) is 36.8 Å². The number of rotatable bonds is 6. The Labute approximate surface area is 202 Å². The summed E-state index contributed by atoms with van der Waals surface area (Å²) in [6.45, 7) is 7.17. The van der Waals surface area contributed by atoms with Crippen LogP contribution in [0.25, 0.3) is 11.4 Å². The number of hydrogen-bond acceptors (Lipinski definition) is 5. The molecule has 0 bridgehead atoms. The average Bonchev–Trinajstić information content (AvgIpc) is 2.83. The summed E-state index contributed by atoms with van der Waals surface area (Å²) in [7, 11) is 0. The van der Waals surface area contributed by atoms with E-state index in [1.165, 1.54) is 42.9 Å². The summed E-state index contributed by atoms with van der Waals surface area (Å²) in [5.41, 5.74) is -0.688. The van der Waals surface area contributed by atoms with E-state index in [2.05, 4.69) is 16.9 Å². The first-order valence-corrected chi connectivity index (χ1v) is 12.7. The van der Waals surface area contributed by atoms with Crippen molar-refractivity contribution < 1.29 is 9.90 Å². The Balaban J connectivity index is 1.45. The van der Waals surface area contributed by atoms with Crippen molar-refractivity contribution in [3.8, 4) is 11.4 Å². The molecule has 2 aromatic rings. The van der Waals surface area contributed by atoms with Crippen molar-refractivity contribution >= 4 is 5.91 Å². The largest absolute Gasteiger partial charge is 0.387 e. The minimum Gasteiger partial charge on any atom is -0.387 e. The van der Waals surface area contributed by atoms with Gasteiger partial charge >= 0.3 is 0 Å². The van der Waals surface area contributed by atoms with E-state index < -0.39 is 11.0 Å². The molecule has 2 unspecified atom stereocenters. The highest BCUT2D eigenvalue weighted by Crippen LogP contribution is 2.40. The lowest BCUT2D eigenvalue weighted by atomic mass is 9.69. The monoisotopic (exact) mass is 466 g/mol. The standard InChI is InChI=1S/C27H38N4O3/c1-20(15-21-9-5-4-6-10-21)25(33)30-14-12-27(34,26(2,3)18-30)19-31-17-23(29-16-24(31)32)22-11-7-8-13-28-22/h7-8,11,13,16-17,20-21,34H,4-6,9-10,12,14-15,18-19H2,1-3H3. The molecule has 7 nitrogen and oxygen atoms in total. The van der Waals surface area contributed by atoms with Gasteiger partial charge in [0.05, 0.1) is 24.0 Å². The van der Waals surface area contributed by atoms with Crippen LogP contribution in [-0.2, 0) is 11.3 Å². The molecule has 2 atom stereocenters. The smallest absolute Gasteiger partial charge is 0.269 e. The van der Waals surface area contributed by atoms with E-state index in [1.807, 2.05) is 36.9 Å². The molecule has 2 aliphatic rings. The van der Waals surface area contributed by atoms with E-state index in [9.17, 15) is 14.7 Å². The molecule has 2 fully saturated rings. The van der Waals surface area contributed by atoms with Gasteiger partial charge in [0.1, 0.15) is 5.69 Å². The summed E-state index contributed by atoms with van der Waals surface area (Å²) in [6, 6.07) is 5.54. The van der Waals surface area contributed by atoms with Crippen LogP contribution in [0.15, 0.2) is 41.6 Å². The molecule has 0 spiro atoms. The fraction of sp³-hybridized carbons (Fsp3) is 0.630. The molecule has 3 heterocycles. The van der Waals surface area contributed by atoms with Crippen molar-refractivity contribution in [3.63, 3.8) is 0 Å². The van der Waals surface area contributed by atoms with Crippen molar-refractivity contribution in [1.82, 2.24) is 19.4 Å². The highest BCUT2D eigenvalue weighted by atomic mass is 16.3. The van der Waals surface area contributed by atoms with E-state index >= 15 is 0 Å². The van der Waals surface area contributed by atoms with Crippen LogP contribution in [0.4, 0.5) is 0 Å². The minimum atomic E-state index is -1.12. The zero-order valence-corrected chi connectivity index (χ0v) is 20.7. The van der Waals surface area contributed by atoms with Gasteiger partial charge in [0.2, 0.25) is 5.91 Å². The van der Waals surface area contributed by atoms with Crippen LogP contribution >= 0.6 is 0 Å². The second kappa shape index (κ2) is 9.98. The van der Waals surface area contributed by atoms with Gasteiger partial charge in [-0.3, -0.25) is 14.6 Å². The van der Waals surface area contributed by atoms with E-state index in [1.54, 1.807) is 12.4 Å². The van der Waals surface area contributed by atoms with Crippen LogP contribution in [0.1, 0.15) is 65.7 Å². The van der Waals surface area contributed by atoms with Crippen LogP contribution < -0.4 is 5.56 Å². The maximum Gasteiger partial charge on any atom is 0.269 e. The lowest BCUT2D eigenvalue weighted by Gasteiger charge is -2.51. The normalized spacial score (nSPS) is 24.1. The number of carbonyl (C=O) groups excluding carboxylic acids is 1. The van der Waals surface area contributed by atoms with Crippen LogP contribution in [0.3, 0.4) is 0 Å². The zero-order chi connectivity index (χ0) is 24.3. The molecule has 1 aliphatic heterocycles. The van der Waals surface area contributed by atoms with Crippen molar-refractivity contribution in [1.29, 1.82) is 0 Å². The van der Waals surface area contributed by atoms with Gasteiger partial charge in [-0.1, -0.05) is 58.9 Å². The molecule has 1 aliphatic carbocycles. The Morgan fingerprint density at radius 2 is 1.94 bits per heavy atom. The summed E-state index contributed by atoms with van der Waals surface area (Å²) in [6.07, 6.45) is 12.4. The highest BCUT2D eigenvalue weighted by molar-refractivity contribution is 5.78. The molecule has 34 heavy (non-hydrogen) atoms. The van der Waals surface area contributed by atoms with Crippen LogP contribution in [0.2, 0.25) is 0 Å². The average molecular weight is 467 g/mol. The van der Waals surface area contributed by atoms with Gasteiger partial charge in [-0.25, -0.2) is 4.98 Å². The quantitative estimate of drug-likeness (QED) is 0.698. The third-order valence-corrected chi connectivity index (χ3v) is 8.02. The number of hydrogen-bond donors (Lipinski definition) is 1. The summed E-state index contributed by atoms with van der Waals surface area (Å²) in [5, 5.41) is 11.7. The van der Waals surface area contributed by atoms with E-state index in [-0.39, 0.29) is 23.9 Å². The summed E-state index contributed by atoms with van der Waals surface area (Å²) < 4.78 is 1.53. The number of pyridine rings is 1. The number of piperidine rings is 1. The third kappa shape index (κ3) is 5.24. The number of aliphatic hydroxyl groups is 1. The van der Waals surface area contributed by atoms with Gasteiger partial charge in [0.15, 0.2) is 0 Å². The predicted molar refractivity (Wildman–Crippen MR) is 132 cm³/mol. The number of nitrogens with zero attached hydrogens (tertiary/aromatic N) is 4. The zero-order valence-electron chi connectivity index (χ0n) is 20.7. The van der Waals surface area contributed by atoms with E-state index in [4.69, 9.17) is 0 Å². The molecule has 1 N–H and O–H groups in total. The molecule has 1 saturated carbocycles. The Hall–Kier alpha value is -2.54. The second-order valence-electron chi connectivity index (χ2n) is 11.0. The highest BCUT2D eigenvalue weighted by Gasteiger charge is 2.49. The number of amides is 1. The van der Waals surface area contributed by atoms with Crippen molar-refractivity contribution in [2.45, 2.75) is 77.9 Å². The Kier molecular flexibility index (Phi) is 7.22. The van der Waals surface area contributed by atoms with Gasteiger partial charge in [-0.2, -0.15) is 0 Å². The minimum absolute atomic E-state index is 0.00819. The van der Waals surface area contributed by atoms with Crippen LogP contribution in [0.5, 0.6) is 0 Å². The van der Waals surface area contributed by atoms with Gasteiger partial charge in [-0.15, -0.1) is 0 Å². The maximum atomic E-state index is 13.3. The van der Waals surface area contributed by atoms with Crippen LogP contribution in [0, 0.1) is 17.3 Å². The van der Waals surface area contributed by atoms with Crippen molar-refractivity contribution in [2.75, 3.05) is 13.1 Å². The van der Waals surface area contributed by atoms with Crippen molar-refractivity contribution in [2.24, 2.45) is 17.3 Å². The molecule has 4 rings (SSSR count). The first kappa shape index (κ1) is 24.6. The molecule has 0 aromatic carbocycles. The lowest BCUT2D eigenvalue weighted by Crippen LogP contribution is -2.61. The topological polar surface area (TPSA) is 88.3 Å². The molecule has 7 heteroatoms. The molecule has 184 valence electrons. The predicted octanol–water partition coefficient (Wildman–Crippen LogP) is 3.90. The van der Waals surface area contributed by atoms with Gasteiger partial charge in [0, 0.05) is 36.8 Å². The first-order valence-electron chi connectivity index (χ1n) is 12.7. The SMILES string of the molecule is CC(CC1CCCCC1)C(=O)N1CCC(O)(Cn2cc(-c3ccccn3)ncc2=O)C(C)(C)C1. The van der Waals surface area contributed by atoms with Gasteiger partial charge < -0.3 is 14.6 Å². The second-order valence-corrected chi connectivity index (χ2v) is 11.0. The van der Waals surface area contributed by atoms with Gasteiger partial charge in [0.25, 0.3) is 5.56 Å². The maximum absolute atomic E-state index is 13.3. The Morgan fingerprint density at radius 3 is 2.62 bits per heavy atom. The van der Waals surface area contributed by atoms with E-state index in [0.717, 1.165) is 6.42 Å². The number of aromatic nitrogens is 3. The third-order valence-electron chi connectivity index (χ3n) is 8.02. The molecule has 0 radical (unpaired) electrons. The fourth-order valence-electron chi connectivity index (χ4n) is 5.67. The Morgan fingerprint density at radius 1 is 1.18 bits per heavy atom. The molecular formula is C27H38N4O3. The lowest BCUT2D eigenvalue weighted by molar-refractivity contribution is -0.157. The summed E-state index contributed by atoms with van der Waals surface area (Å²) >= 11 is 0. The first-order chi connectivity index (χ1) is 16.2. The molecule has 1 saturated heterocycles. The Bertz CT molecular complexity index is 1050. The van der Waals surface area contributed by atoms with Crippen LogP contribution in [-0.4, -0.2) is 49.1 Å². The number of carbonyl (C=O) groups is 1. The fourth-order valence-corrected chi connectivity index (χ4v) is 5.67. The van der Waals surface area contributed by atoms with Gasteiger partial charge in [-0.05, 0) is 30.9 Å². The molecule has 2 aromatic heterocycles. The van der Waals surface area contributed by atoms with Crippen molar-refractivity contribution in [3.05, 3.63) is 47.1 Å².